The Hall–Kier alpha value is -1.65. The molecule has 4 nitrogen and oxygen atoms in total. The summed E-state index contributed by atoms with van der Waals surface area (Å²) < 4.78 is 5.82. The summed E-state index contributed by atoms with van der Waals surface area (Å²) in [7, 11) is 0. The van der Waals surface area contributed by atoms with E-state index in [0.717, 1.165) is 24.3 Å². The van der Waals surface area contributed by atoms with Gasteiger partial charge in [-0.15, -0.1) is 0 Å². The van der Waals surface area contributed by atoms with Crippen molar-refractivity contribution in [2.24, 2.45) is 5.73 Å². The van der Waals surface area contributed by atoms with Gasteiger partial charge in [-0.05, 0) is 26.0 Å². The number of hydrogen-bond donors (Lipinski definition) is 1. The first-order chi connectivity index (χ1) is 9.67. The molecule has 2 heterocycles. The zero-order valence-electron chi connectivity index (χ0n) is 12.0. The van der Waals surface area contributed by atoms with E-state index in [-0.39, 0.29) is 12.2 Å². The van der Waals surface area contributed by atoms with E-state index in [4.69, 9.17) is 10.5 Å². The van der Waals surface area contributed by atoms with Crippen molar-refractivity contribution in [3.05, 3.63) is 36.0 Å². The van der Waals surface area contributed by atoms with Crippen molar-refractivity contribution in [3.8, 4) is 0 Å². The van der Waals surface area contributed by atoms with Gasteiger partial charge < -0.3 is 15.4 Å². The second kappa shape index (κ2) is 5.38. The fourth-order valence-corrected chi connectivity index (χ4v) is 2.95. The number of anilines is 1. The minimum atomic E-state index is 0.243. The Kier molecular flexibility index (Phi) is 3.59. The average molecular weight is 271 g/mol. The number of nitrogens with two attached hydrogens (primary N) is 1. The molecule has 0 amide bonds. The van der Waals surface area contributed by atoms with E-state index in [9.17, 15) is 0 Å². The standard InChI is InChI=1S/C16H21N3O/c1-11-9-19(10-12(2)20-11)16-7-13(8-17)18-15-6-4-3-5-14(15)16/h3-7,11-12H,8-10,17H2,1-2H3/t11-,12+. The molecule has 2 aromatic rings. The minimum Gasteiger partial charge on any atom is -0.372 e. The summed E-state index contributed by atoms with van der Waals surface area (Å²) in [5, 5.41) is 1.19. The van der Waals surface area contributed by atoms with Gasteiger partial charge in [0.25, 0.3) is 0 Å². The van der Waals surface area contributed by atoms with E-state index in [1.54, 1.807) is 0 Å². The van der Waals surface area contributed by atoms with Crippen LogP contribution in [0.15, 0.2) is 30.3 Å². The molecule has 20 heavy (non-hydrogen) atoms. The molecule has 1 aliphatic heterocycles. The number of hydrogen-bond acceptors (Lipinski definition) is 4. The van der Waals surface area contributed by atoms with Crippen molar-refractivity contribution in [2.75, 3.05) is 18.0 Å². The summed E-state index contributed by atoms with van der Waals surface area (Å²) in [4.78, 5) is 7.00. The molecule has 0 aliphatic carbocycles. The first-order valence-corrected chi connectivity index (χ1v) is 7.16. The summed E-state index contributed by atoms with van der Waals surface area (Å²) in [6.07, 6.45) is 0.485. The summed E-state index contributed by atoms with van der Waals surface area (Å²) in [5.74, 6) is 0. The number of aromatic nitrogens is 1. The number of rotatable bonds is 2. The summed E-state index contributed by atoms with van der Waals surface area (Å²) in [6, 6.07) is 10.4. The van der Waals surface area contributed by atoms with E-state index in [1.165, 1.54) is 11.1 Å². The van der Waals surface area contributed by atoms with Crippen molar-refractivity contribution >= 4 is 16.6 Å². The molecule has 0 spiro atoms. The smallest absolute Gasteiger partial charge is 0.0726 e. The van der Waals surface area contributed by atoms with Gasteiger partial charge in [-0.3, -0.25) is 4.98 Å². The zero-order chi connectivity index (χ0) is 14.1. The van der Waals surface area contributed by atoms with Crippen molar-refractivity contribution in [3.63, 3.8) is 0 Å². The van der Waals surface area contributed by atoms with Crippen LogP contribution >= 0.6 is 0 Å². The lowest BCUT2D eigenvalue weighted by Crippen LogP contribution is -2.45. The van der Waals surface area contributed by atoms with Crippen molar-refractivity contribution in [1.82, 2.24) is 4.98 Å². The lowest BCUT2D eigenvalue weighted by Gasteiger charge is -2.37. The molecule has 1 saturated heterocycles. The van der Waals surface area contributed by atoms with Gasteiger partial charge in [0.1, 0.15) is 0 Å². The minimum absolute atomic E-state index is 0.243. The number of fused-ring (bicyclic) bond motifs is 1. The molecule has 4 heteroatoms. The molecule has 3 rings (SSSR count). The maximum Gasteiger partial charge on any atom is 0.0726 e. The van der Waals surface area contributed by atoms with Gasteiger partial charge in [0, 0.05) is 30.7 Å². The topological polar surface area (TPSA) is 51.4 Å². The van der Waals surface area contributed by atoms with E-state index in [1.807, 2.05) is 12.1 Å². The van der Waals surface area contributed by atoms with Crippen LogP contribution in [-0.4, -0.2) is 30.3 Å². The Balaban J connectivity index is 2.09. The Morgan fingerprint density at radius 1 is 1.25 bits per heavy atom. The first kappa shape index (κ1) is 13.3. The molecule has 0 saturated carbocycles. The molecular formula is C16H21N3O. The third kappa shape index (κ3) is 2.49. The van der Waals surface area contributed by atoms with Gasteiger partial charge in [-0.25, -0.2) is 0 Å². The molecular weight excluding hydrogens is 250 g/mol. The van der Waals surface area contributed by atoms with E-state index in [0.29, 0.717) is 6.54 Å². The van der Waals surface area contributed by atoms with Crippen LogP contribution in [-0.2, 0) is 11.3 Å². The summed E-state index contributed by atoms with van der Waals surface area (Å²) in [5.41, 5.74) is 8.96. The summed E-state index contributed by atoms with van der Waals surface area (Å²) >= 11 is 0. The van der Waals surface area contributed by atoms with Crippen molar-refractivity contribution < 1.29 is 4.74 Å². The predicted octanol–water partition coefficient (Wildman–Crippen LogP) is 2.31. The second-order valence-electron chi connectivity index (χ2n) is 5.52. The highest BCUT2D eigenvalue weighted by molar-refractivity contribution is 5.92. The highest BCUT2D eigenvalue weighted by Crippen LogP contribution is 2.29. The molecule has 0 bridgehead atoms. The molecule has 2 atom stereocenters. The van der Waals surface area contributed by atoms with Crippen LogP contribution in [0, 0.1) is 0 Å². The highest BCUT2D eigenvalue weighted by atomic mass is 16.5. The van der Waals surface area contributed by atoms with Gasteiger partial charge in [0.2, 0.25) is 0 Å². The van der Waals surface area contributed by atoms with E-state index >= 15 is 0 Å². The zero-order valence-corrected chi connectivity index (χ0v) is 12.0. The largest absolute Gasteiger partial charge is 0.372 e. The van der Waals surface area contributed by atoms with Gasteiger partial charge in [-0.1, -0.05) is 18.2 Å². The van der Waals surface area contributed by atoms with Gasteiger partial charge in [0.05, 0.1) is 23.4 Å². The van der Waals surface area contributed by atoms with Gasteiger partial charge >= 0.3 is 0 Å². The van der Waals surface area contributed by atoms with Crippen LogP contribution in [0.25, 0.3) is 10.9 Å². The lowest BCUT2D eigenvalue weighted by molar-refractivity contribution is -0.00513. The predicted molar refractivity (Wildman–Crippen MR) is 81.9 cm³/mol. The van der Waals surface area contributed by atoms with Gasteiger partial charge in [0.15, 0.2) is 0 Å². The Morgan fingerprint density at radius 3 is 2.65 bits per heavy atom. The summed E-state index contributed by atoms with van der Waals surface area (Å²) in [6.45, 7) is 6.52. The molecule has 0 unspecified atom stereocenters. The molecule has 106 valence electrons. The monoisotopic (exact) mass is 271 g/mol. The Bertz CT molecular complexity index is 604. The number of para-hydroxylation sites is 1. The van der Waals surface area contributed by atoms with Crippen LogP contribution in [0.3, 0.4) is 0 Å². The Morgan fingerprint density at radius 2 is 1.95 bits per heavy atom. The number of ether oxygens (including phenoxy) is 1. The molecule has 1 aliphatic rings. The number of benzene rings is 1. The van der Waals surface area contributed by atoms with E-state index in [2.05, 4.69) is 41.9 Å². The normalized spacial score (nSPS) is 23.2. The van der Waals surface area contributed by atoms with Crippen LogP contribution in [0.1, 0.15) is 19.5 Å². The first-order valence-electron chi connectivity index (χ1n) is 7.16. The third-order valence-corrected chi connectivity index (χ3v) is 3.72. The third-order valence-electron chi connectivity index (χ3n) is 3.72. The number of morpholine rings is 1. The van der Waals surface area contributed by atoms with Crippen LogP contribution < -0.4 is 10.6 Å². The van der Waals surface area contributed by atoms with Crippen LogP contribution in [0.2, 0.25) is 0 Å². The van der Waals surface area contributed by atoms with Crippen molar-refractivity contribution in [1.29, 1.82) is 0 Å². The lowest BCUT2D eigenvalue weighted by atomic mass is 10.1. The Labute approximate surface area is 119 Å². The molecule has 2 N–H and O–H groups in total. The maximum absolute atomic E-state index is 5.82. The van der Waals surface area contributed by atoms with Crippen molar-refractivity contribution in [2.45, 2.75) is 32.6 Å². The van der Waals surface area contributed by atoms with Crippen LogP contribution in [0.4, 0.5) is 5.69 Å². The SMILES string of the molecule is C[C@@H]1CN(c2cc(CN)nc3ccccc23)C[C@H](C)O1. The molecule has 0 radical (unpaired) electrons. The number of pyridine rings is 1. The average Bonchev–Trinajstić information content (AvgIpc) is 2.45. The second-order valence-corrected chi connectivity index (χ2v) is 5.52. The fraction of sp³-hybridized carbons (Fsp3) is 0.438. The molecule has 1 aromatic heterocycles. The van der Waals surface area contributed by atoms with Crippen LogP contribution in [0.5, 0.6) is 0 Å². The molecule has 1 aromatic carbocycles. The van der Waals surface area contributed by atoms with Gasteiger partial charge in [-0.2, -0.15) is 0 Å². The highest BCUT2D eigenvalue weighted by Gasteiger charge is 2.24. The fourth-order valence-electron chi connectivity index (χ4n) is 2.95. The number of nitrogens with zero attached hydrogens (tertiary/aromatic N) is 2. The maximum atomic E-state index is 5.82. The van der Waals surface area contributed by atoms with E-state index < -0.39 is 0 Å². The quantitative estimate of drug-likeness (QED) is 0.910. The molecule has 1 fully saturated rings.